The molecule has 0 aliphatic heterocycles. The third-order valence-electron chi connectivity index (χ3n) is 3.57. The molecule has 23 heavy (non-hydrogen) atoms. The van der Waals surface area contributed by atoms with E-state index in [1.54, 1.807) is 17.6 Å². The molecule has 1 aromatic carbocycles. The molecule has 1 atom stereocenters. The van der Waals surface area contributed by atoms with Crippen LogP contribution in [0.4, 0.5) is 0 Å². The molecule has 0 bridgehead atoms. The third kappa shape index (κ3) is 5.53. The van der Waals surface area contributed by atoms with Gasteiger partial charge in [0.1, 0.15) is 5.75 Å². The van der Waals surface area contributed by atoms with Gasteiger partial charge in [0.2, 0.25) is 0 Å². The Morgan fingerprint density at radius 2 is 2.04 bits per heavy atom. The quantitative estimate of drug-likeness (QED) is 0.614. The maximum atomic E-state index is 11.7. The maximum Gasteiger partial charge on any atom is 0.277 e. The fourth-order valence-electron chi connectivity index (χ4n) is 2.00. The topological polar surface area (TPSA) is 50.7 Å². The summed E-state index contributed by atoms with van der Waals surface area (Å²) in [7, 11) is 0. The molecule has 1 amide bonds. The minimum atomic E-state index is -0.277. The van der Waals surface area contributed by atoms with Gasteiger partial charge in [0.15, 0.2) is 6.61 Å². The molecule has 2 aromatic rings. The van der Waals surface area contributed by atoms with Crippen molar-refractivity contribution in [2.24, 2.45) is 5.10 Å². The van der Waals surface area contributed by atoms with Gasteiger partial charge in [-0.25, -0.2) is 5.43 Å². The molecule has 0 aliphatic carbocycles. The summed E-state index contributed by atoms with van der Waals surface area (Å²) in [6.45, 7) is 6.33. The number of rotatable bonds is 7. The van der Waals surface area contributed by atoms with E-state index in [0.29, 0.717) is 11.7 Å². The van der Waals surface area contributed by atoms with Crippen LogP contribution in [-0.2, 0) is 4.79 Å². The number of hydrogen-bond donors (Lipinski definition) is 1. The average Bonchev–Trinajstić information content (AvgIpc) is 2.98. The van der Waals surface area contributed by atoms with Crippen LogP contribution in [0.1, 0.15) is 41.5 Å². The standard InChI is InChI=1S/C18H22N2O2S/c1-4-13(2)15-6-8-16(9-7-15)22-12-18(21)20-19-11-17-10-5-14(3)23-17/h5-11,13H,4,12H2,1-3H3,(H,20,21)/b19-11-/t13-/m1/s1. The van der Waals surface area contributed by atoms with Crippen LogP contribution in [0.15, 0.2) is 41.5 Å². The Morgan fingerprint density at radius 3 is 2.65 bits per heavy atom. The van der Waals surface area contributed by atoms with Crippen molar-refractivity contribution in [3.8, 4) is 5.75 Å². The van der Waals surface area contributed by atoms with Crippen molar-refractivity contribution >= 4 is 23.5 Å². The Kier molecular flexibility index (Phi) is 6.35. The van der Waals surface area contributed by atoms with E-state index in [1.807, 2.05) is 43.3 Å². The molecule has 0 unspecified atom stereocenters. The second-order valence-electron chi connectivity index (χ2n) is 5.41. The summed E-state index contributed by atoms with van der Waals surface area (Å²) in [6.07, 6.45) is 2.74. The van der Waals surface area contributed by atoms with Gasteiger partial charge in [0.05, 0.1) is 6.21 Å². The van der Waals surface area contributed by atoms with Crippen LogP contribution >= 0.6 is 11.3 Å². The number of nitrogens with zero attached hydrogens (tertiary/aromatic N) is 1. The van der Waals surface area contributed by atoms with E-state index in [0.717, 1.165) is 11.3 Å². The second-order valence-corrected chi connectivity index (χ2v) is 6.73. The van der Waals surface area contributed by atoms with Gasteiger partial charge in [-0.15, -0.1) is 11.3 Å². The van der Waals surface area contributed by atoms with Crippen molar-refractivity contribution in [1.82, 2.24) is 5.43 Å². The number of benzene rings is 1. The Hall–Kier alpha value is -2.14. The highest BCUT2D eigenvalue weighted by molar-refractivity contribution is 7.13. The van der Waals surface area contributed by atoms with Crippen LogP contribution in [-0.4, -0.2) is 18.7 Å². The minimum Gasteiger partial charge on any atom is -0.484 e. The summed E-state index contributed by atoms with van der Waals surface area (Å²) >= 11 is 1.62. The molecular formula is C18H22N2O2S. The molecule has 0 saturated carbocycles. The van der Waals surface area contributed by atoms with Gasteiger partial charge in [-0.2, -0.15) is 5.10 Å². The molecule has 2 rings (SSSR count). The zero-order chi connectivity index (χ0) is 16.7. The molecule has 1 heterocycles. The van der Waals surface area contributed by atoms with Crippen LogP contribution in [0.3, 0.4) is 0 Å². The molecule has 0 fully saturated rings. The van der Waals surface area contributed by atoms with E-state index in [1.165, 1.54) is 10.4 Å². The van der Waals surface area contributed by atoms with Crippen molar-refractivity contribution < 1.29 is 9.53 Å². The number of amides is 1. The molecule has 0 spiro atoms. The first-order valence-corrected chi connectivity index (χ1v) is 8.51. The molecule has 5 heteroatoms. The monoisotopic (exact) mass is 330 g/mol. The first-order valence-electron chi connectivity index (χ1n) is 7.69. The number of hydrogen-bond acceptors (Lipinski definition) is 4. The highest BCUT2D eigenvalue weighted by Crippen LogP contribution is 2.21. The Morgan fingerprint density at radius 1 is 1.30 bits per heavy atom. The first kappa shape index (κ1) is 17.2. The number of thiophene rings is 1. The average molecular weight is 330 g/mol. The smallest absolute Gasteiger partial charge is 0.277 e. The number of nitrogens with one attached hydrogen (secondary N) is 1. The van der Waals surface area contributed by atoms with Gasteiger partial charge in [0.25, 0.3) is 5.91 Å². The van der Waals surface area contributed by atoms with Gasteiger partial charge in [-0.05, 0) is 49.1 Å². The number of carbonyl (C=O) groups is 1. The van der Waals surface area contributed by atoms with Gasteiger partial charge in [-0.3, -0.25) is 4.79 Å². The number of aryl methyl sites for hydroxylation is 1. The van der Waals surface area contributed by atoms with E-state index in [2.05, 4.69) is 24.4 Å². The fraction of sp³-hybridized carbons (Fsp3) is 0.333. The van der Waals surface area contributed by atoms with Gasteiger partial charge < -0.3 is 4.74 Å². The molecule has 0 radical (unpaired) electrons. The van der Waals surface area contributed by atoms with E-state index in [4.69, 9.17) is 4.74 Å². The predicted molar refractivity (Wildman–Crippen MR) is 95.4 cm³/mol. The Balaban J connectivity index is 1.76. The van der Waals surface area contributed by atoms with Crippen molar-refractivity contribution in [3.05, 3.63) is 51.7 Å². The van der Waals surface area contributed by atoms with Crippen molar-refractivity contribution in [2.45, 2.75) is 33.1 Å². The Bertz CT molecular complexity index is 662. The van der Waals surface area contributed by atoms with Crippen LogP contribution in [0, 0.1) is 6.92 Å². The van der Waals surface area contributed by atoms with Crippen molar-refractivity contribution in [1.29, 1.82) is 0 Å². The Labute approximate surface area is 141 Å². The normalized spacial score (nSPS) is 12.3. The van der Waals surface area contributed by atoms with E-state index < -0.39 is 0 Å². The minimum absolute atomic E-state index is 0.0521. The summed E-state index contributed by atoms with van der Waals surface area (Å²) in [5.41, 5.74) is 3.74. The highest BCUT2D eigenvalue weighted by Gasteiger charge is 2.04. The lowest BCUT2D eigenvalue weighted by Gasteiger charge is -2.10. The van der Waals surface area contributed by atoms with Crippen molar-refractivity contribution in [3.63, 3.8) is 0 Å². The van der Waals surface area contributed by atoms with Crippen LogP contribution in [0.25, 0.3) is 0 Å². The molecule has 0 saturated heterocycles. The first-order chi connectivity index (χ1) is 11.1. The van der Waals surface area contributed by atoms with Gasteiger partial charge in [-0.1, -0.05) is 26.0 Å². The van der Waals surface area contributed by atoms with E-state index in [-0.39, 0.29) is 12.5 Å². The second kappa shape index (κ2) is 8.48. The van der Waals surface area contributed by atoms with E-state index in [9.17, 15) is 4.79 Å². The zero-order valence-corrected chi connectivity index (χ0v) is 14.5. The molecule has 0 aliphatic rings. The summed E-state index contributed by atoms with van der Waals surface area (Å²) in [6, 6.07) is 11.8. The number of hydrazone groups is 1. The summed E-state index contributed by atoms with van der Waals surface area (Å²) < 4.78 is 5.46. The highest BCUT2D eigenvalue weighted by atomic mass is 32.1. The molecule has 1 aromatic heterocycles. The lowest BCUT2D eigenvalue weighted by molar-refractivity contribution is -0.123. The molecule has 1 N–H and O–H groups in total. The lowest BCUT2D eigenvalue weighted by atomic mass is 9.99. The molecular weight excluding hydrogens is 308 g/mol. The van der Waals surface area contributed by atoms with Crippen LogP contribution < -0.4 is 10.2 Å². The van der Waals surface area contributed by atoms with Crippen LogP contribution in [0.2, 0.25) is 0 Å². The summed E-state index contributed by atoms with van der Waals surface area (Å²) in [5.74, 6) is 0.938. The van der Waals surface area contributed by atoms with Gasteiger partial charge in [0, 0.05) is 9.75 Å². The number of ether oxygens (including phenoxy) is 1. The summed E-state index contributed by atoms with van der Waals surface area (Å²) in [4.78, 5) is 13.9. The third-order valence-corrected chi connectivity index (χ3v) is 4.51. The summed E-state index contributed by atoms with van der Waals surface area (Å²) in [5, 5.41) is 3.92. The lowest BCUT2D eigenvalue weighted by Crippen LogP contribution is -2.24. The fourth-order valence-corrected chi connectivity index (χ4v) is 2.75. The zero-order valence-electron chi connectivity index (χ0n) is 13.7. The maximum absolute atomic E-state index is 11.7. The number of carbonyl (C=O) groups excluding carboxylic acids is 1. The van der Waals surface area contributed by atoms with E-state index >= 15 is 0 Å². The molecule has 122 valence electrons. The largest absolute Gasteiger partial charge is 0.484 e. The van der Waals surface area contributed by atoms with Crippen LogP contribution in [0.5, 0.6) is 5.75 Å². The molecule has 4 nitrogen and oxygen atoms in total. The van der Waals surface area contributed by atoms with Crippen molar-refractivity contribution in [2.75, 3.05) is 6.61 Å². The predicted octanol–water partition coefficient (Wildman–Crippen LogP) is 4.10. The van der Waals surface area contributed by atoms with Gasteiger partial charge >= 0.3 is 0 Å². The SMILES string of the molecule is CC[C@@H](C)c1ccc(OCC(=O)N/N=C\c2ccc(C)s2)cc1.